The van der Waals surface area contributed by atoms with Crippen LogP contribution in [0.3, 0.4) is 0 Å². The zero-order valence-electron chi connectivity index (χ0n) is 21.5. The number of hydrogen-bond acceptors (Lipinski definition) is 3. The lowest BCUT2D eigenvalue weighted by molar-refractivity contribution is 0.614. The van der Waals surface area contributed by atoms with Crippen LogP contribution in [-0.2, 0) is 0 Å². The van der Waals surface area contributed by atoms with E-state index in [0.29, 0.717) is 0 Å². The molecule has 0 atom stereocenters. The number of benzene rings is 4. The molecule has 4 aromatic heterocycles. The molecule has 0 saturated carbocycles. The third-order valence-corrected chi connectivity index (χ3v) is 8.21. The maximum atomic E-state index is 5.94. The van der Waals surface area contributed by atoms with Crippen molar-refractivity contribution in [2.75, 3.05) is 0 Å². The summed E-state index contributed by atoms with van der Waals surface area (Å²) in [5.41, 5.74) is 8.82. The van der Waals surface area contributed by atoms with Gasteiger partial charge in [0.05, 0.1) is 11.0 Å². The van der Waals surface area contributed by atoms with E-state index in [1.54, 1.807) is 6.26 Å². The van der Waals surface area contributed by atoms with Crippen LogP contribution in [0.5, 0.6) is 0 Å². The first kappa shape index (κ1) is 22.8. The van der Waals surface area contributed by atoms with Crippen LogP contribution in [0.4, 0.5) is 0 Å². The van der Waals surface area contributed by atoms with E-state index in [-0.39, 0.29) is 0 Å². The van der Waals surface area contributed by atoms with Crippen LogP contribution in [0.25, 0.3) is 60.9 Å². The second-order valence-corrected chi connectivity index (χ2v) is 10.5. The van der Waals surface area contributed by atoms with Gasteiger partial charge in [-0.2, -0.15) is 0 Å². The molecule has 0 aliphatic heterocycles. The van der Waals surface area contributed by atoms with Crippen LogP contribution in [0.15, 0.2) is 132 Å². The lowest BCUT2D eigenvalue weighted by atomic mass is 10.0. The Balaban J connectivity index is 1.40. The highest BCUT2D eigenvalue weighted by atomic mass is 28.1. The Kier molecular flexibility index (Phi) is 5.12. The second-order valence-electron chi connectivity index (χ2n) is 9.90. The second kappa shape index (κ2) is 8.97. The Morgan fingerprint density at radius 3 is 2.30 bits per heavy atom. The lowest BCUT2D eigenvalue weighted by Gasteiger charge is -2.10. The minimum atomic E-state index is 0.750. The van der Waals surface area contributed by atoms with Gasteiger partial charge < -0.3 is 4.42 Å². The van der Waals surface area contributed by atoms with E-state index in [0.717, 1.165) is 77.2 Å². The van der Waals surface area contributed by atoms with Crippen molar-refractivity contribution in [3.05, 3.63) is 139 Å². The predicted molar refractivity (Wildman–Crippen MR) is 166 cm³/mol. The van der Waals surface area contributed by atoms with Crippen LogP contribution in [0.2, 0.25) is 0 Å². The molecule has 0 unspecified atom stereocenters. The Labute approximate surface area is 233 Å². The third kappa shape index (κ3) is 3.48. The average molecular weight is 529 g/mol. The van der Waals surface area contributed by atoms with Gasteiger partial charge in [-0.3, -0.25) is 4.57 Å². The molecular weight excluding hydrogens is 506 g/mol. The maximum Gasteiger partial charge on any atom is 0.153 e. The monoisotopic (exact) mass is 528 g/mol. The van der Waals surface area contributed by atoms with Crippen molar-refractivity contribution < 1.29 is 4.42 Å². The van der Waals surface area contributed by atoms with Crippen LogP contribution >= 0.6 is 0 Å². The smallest absolute Gasteiger partial charge is 0.153 e. The Morgan fingerprint density at radius 1 is 0.675 bits per heavy atom. The van der Waals surface area contributed by atoms with Crippen molar-refractivity contribution in [2.45, 2.75) is 0 Å². The fourth-order valence-electron chi connectivity index (χ4n) is 5.64. The summed E-state index contributed by atoms with van der Waals surface area (Å²) in [5, 5.41) is 4.41. The molecule has 0 aliphatic rings. The molecular formula is C35H22N3OSi. The fourth-order valence-corrected chi connectivity index (χ4v) is 6.04. The van der Waals surface area contributed by atoms with Crippen molar-refractivity contribution in [2.24, 2.45) is 0 Å². The number of furan rings is 1. The van der Waals surface area contributed by atoms with Crippen molar-refractivity contribution in [3.63, 3.8) is 0 Å². The van der Waals surface area contributed by atoms with E-state index in [1.165, 1.54) is 0 Å². The molecule has 8 aromatic rings. The molecule has 0 fully saturated rings. The number of pyridine rings is 2. The molecule has 0 saturated heterocycles. The highest BCUT2D eigenvalue weighted by Gasteiger charge is 2.19. The maximum absolute atomic E-state index is 5.94. The van der Waals surface area contributed by atoms with Crippen molar-refractivity contribution in [1.29, 1.82) is 0 Å². The molecule has 0 bridgehead atoms. The minimum Gasteiger partial charge on any atom is -0.462 e. The molecule has 4 nitrogen and oxygen atoms in total. The molecule has 1 radical (unpaired) electrons. The van der Waals surface area contributed by atoms with Gasteiger partial charge in [0.15, 0.2) is 5.58 Å². The molecule has 4 aromatic carbocycles. The van der Waals surface area contributed by atoms with Crippen LogP contribution in [0, 0.1) is 0 Å². The van der Waals surface area contributed by atoms with Gasteiger partial charge in [0.1, 0.15) is 23.2 Å². The summed E-state index contributed by atoms with van der Waals surface area (Å²) in [4.78, 5) is 10.5. The van der Waals surface area contributed by atoms with Gasteiger partial charge in [0.2, 0.25) is 0 Å². The average Bonchev–Trinajstić information content (AvgIpc) is 3.58. The summed E-state index contributed by atoms with van der Waals surface area (Å²) in [6.07, 6.45) is 1.79. The van der Waals surface area contributed by atoms with Gasteiger partial charge >= 0.3 is 0 Å². The molecule has 0 amide bonds. The first-order valence-corrected chi connectivity index (χ1v) is 13.8. The highest BCUT2D eigenvalue weighted by Crippen LogP contribution is 2.36. The summed E-state index contributed by atoms with van der Waals surface area (Å²) in [6.45, 7) is 0. The quantitative estimate of drug-likeness (QED) is 0.221. The van der Waals surface area contributed by atoms with Gasteiger partial charge in [-0.25, -0.2) is 9.97 Å². The SMILES string of the molecule is [SiH]=C(c1ccccc1)c1coc2ccc(-n3c4ccccc4c4cc5cccc(-c6ccccc6)c5nc43)nc12. The van der Waals surface area contributed by atoms with Crippen molar-refractivity contribution in [1.82, 2.24) is 14.5 Å². The molecule has 0 N–H and O–H groups in total. The van der Waals surface area contributed by atoms with Crippen LogP contribution in [-0.4, -0.2) is 29.6 Å². The molecule has 40 heavy (non-hydrogen) atoms. The van der Waals surface area contributed by atoms with E-state index < -0.39 is 0 Å². The molecule has 187 valence electrons. The van der Waals surface area contributed by atoms with E-state index in [1.807, 2.05) is 36.4 Å². The number of aromatic nitrogens is 3. The van der Waals surface area contributed by atoms with Gasteiger partial charge in [0.25, 0.3) is 0 Å². The summed E-state index contributed by atoms with van der Waals surface area (Å²) >= 11 is 0. The van der Waals surface area contributed by atoms with Crippen LogP contribution < -0.4 is 0 Å². The highest BCUT2D eigenvalue weighted by molar-refractivity contribution is 6.50. The van der Waals surface area contributed by atoms with E-state index in [9.17, 15) is 0 Å². The number of nitrogens with zero attached hydrogens (tertiary/aromatic N) is 3. The van der Waals surface area contributed by atoms with Gasteiger partial charge in [-0.1, -0.05) is 97.1 Å². The Hall–Kier alpha value is -5.13. The van der Waals surface area contributed by atoms with Gasteiger partial charge in [0, 0.05) is 37.1 Å². The van der Waals surface area contributed by atoms with Crippen LogP contribution in [0.1, 0.15) is 11.1 Å². The minimum absolute atomic E-state index is 0.750. The number of rotatable bonds is 4. The largest absolute Gasteiger partial charge is 0.462 e. The predicted octanol–water partition coefficient (Wildman–Crippen LogP) is 7.61. The Morgan fingerprint density at radius 2 is 1.45 bits per heavy atom. The van der Waals surface area contributed by atoms with E-state index >= 15 is 0 Å². The van der Waals surface area contributed by atoms with Gasteiger partial charge in [-0.05, 0) is 40.6 Å². The molecule has 8 rings (SSSR count). The Bertz CT molecular complexity index is 2230. The summed E-state index contributed by atoms with van der Waals surface area (Å²) in [5.74, 6) is 0.802. The van der Waals surface area contributed by atoms with E-state index in [4.69, 9.17) is 14.4 Å². The zero-order chi connectivity index (χ0) is 26.6. The normalized spacial score (nSPS) is 11.6. The molecule has 0 aliphatic carbocycles. The fraction of sp³-hybridized carbons (Fsp3) is 0. The van der Waals surface area contributed by atoms with Crippen molar-refractivity contribution >= 4 is 59.0 Å². The molecule has 5 heteroatoms. The summed E-state index contributed by atoms with van der Waals surface area (Å²) < 4.78 is 8.11. The molecule has 4 heterocycles. The third-order valence-electron chi connectivity index (χ3n) is 7.56. The van der Waals surface area contributed by atoms with Gasteiger partial charge in [-0.15, -0.1) is 0 Å². The first-order valence-electron chi connectivity index (χ1n) is 13.2. The first-order chi connectivity index (χ1) is 19.8. The number of hydrogen-bond donors (Lipinski definition) is 0. The van der Waals surface area contributed by atoms with E-state index in [2.05, 4.69) is 99.4 Å². The topological polar surface area (TPSA) is 43.9 Å². The summed E-state index contributed by atoms with van der Waals surface area (Å²) in [7, 11) is 2.87. The lowest BCUT2D eigenvalue weighted by Crippen LogP contribution is -2.04. The zero-order valence-corrected chi connectivity index (χ0v) is 22.6. The number of para-hydroxylation sites is 2. The standard InChI is InChI=1S/C35H22N3OSi/c40-34(23-12-5-2-6-13-23)28-21-39-30-18-19-31(36-33(28)30)38-29-17-8-7-15-26(29)27-20-24-14-9-16-25(32(24)37-35(27)38)22-10-3-1-4-11-22/h1-21,40H. The van der Waals surface area contributed by atoms with Crippen molar-refractivity contribution in [3.8, 4) is 16.9 Å². The summed E-state index contributed by atoms with van der Waals surface area (Å²) in [6, 6.07) is 41.9. The number of fused-ring (bicyclic) bond motifs is 5. The molecule has 0 spiro atoms.